The van der Waals surface area contributed by atoms with Crippen molar-refractivity contribution in [3.05, 3.63) is 108 Å². The average molecular weight is 529 g/mol. The number of unbranched alkanes of at least 4 members (excludes halogenated alkanes) is 5. The van der Waals surface area contributed by atoms with E-state index in [0.717, 1.165) is 6.42 Å². The Bertz CT molecular complexity index is 970. The minimum Gasteiger partial charge on any atom is -0.342 e. The summed E-state index contributed by atoms with van der Waals surface area (Å²) >= 11 is 1.96. The summed E-state index contributed by atoms with van der Waals surface area (Å²) in [5.41, 5.74) is 3.80. The number of ether oxygens (including phenoxy) is 2. The van der Waals surface area contributed by atoms with Crippen LogP contribution in [0.2, 0.25) is 0 Å². The normalized spacial score (nSPS) is 12.2. The maximum absolute atomic E-state index is 5.78. The Balaban J connectivity index is 2.04. The number of benzene rings is 3. The van der Waals surface area contributed by atoms with E-state index >= 15 is 0 Å². The van der Waals surface area contributed by atoms with Crippen LogP contribution in [-0.4, -0.2) is 24.8 Å². The molecule has 0 bridgehead atoms. The number of hydrogen-bond donors (Lipinski definition) is 0. The summed E-state index contributed by atoms with van der Waals surface area (Å²) in [4.78, 5) is 0. The second-order valence-corrected chi connectivity index (χ2v) is 10.9. The van der Waals surface area contributed by atoms with Crippen molar-refractivity contribution >= 4 is 11.8 Å². The van der Waals surface area contributed by atoms with E-state index in [9.17, 15) is 0 Å². The molecular formula is C35H44O2S. The molecule has 0 spiro atoms. The van der Waals surface area contributed by atoms with Crippen LogP contribution in [0.3, 0.4) is 0 Å². The average Bonchev–Trinajstić information content (AvgIpc) is 2.97. The molecule has 0 saturated heterocycles. The van der Waals surface area contributed by atoms with Crippen molar-refractivity contribution in [1.82, 2.24) is 0 Å². The van der Waals surface area contributed by atoms with Gasteiger partial charge in [-0.15, -0.1) is 11.8 Å². The van der Waals surface area contributed by atoms with Gasteiger partial charge in [-0.25, -0.2) is 0 Å². The van der Waals surface area contributed by atoms with Crippen LogP contribution >= 0.6 is 11.8 Å². The maximum Gasteiger partial charge on any atom is 0.222 e. The topological polar surface area (TPSA) is 18.5 Å². The first kappa shape index (κ1) is 30.0. The van der Waals surface area contributed by atoms with Crippen molar-refractivity contribution in [2.75, 3.05) is 13.2 Å². The smallest absolute Gasteiger partial charge is 0.222 e. The quantitative estimate of drug-likeness (QED) is 0.0799. The Labute approximate surface area is 235 Å². The molecule has 3 aromatic rings. The highest BCUT2D eigenvalue weighted by molar-refractivity contribution is 8.01. The zero-order chi connectivity index (χ0) is 26.9. The largest absolute Gasteiger partial charge is 0.342 e. The van der Waals surface area contributed by atoms with Gasteiger partial charge in [-0.05, 0) is 42.9 Å². The van der Waals surface area contributed by atoms with E-state index in [1.54, 1.807) is 0 Å². The Morgan fingerprint density at radius 3 is 1.50 bits per heavy atom. The van der Waals surface area contributed by atoms with Gasteiger partial charge < -0.3 is 9.47 Å². The van der Waals surface area contributed by atoms with Crippen molar-refractivity contribution in [1.29, 1.82) is 0 Å². The molecule has 3 heteroatoms. The number of hydrogen-bond acceptors (Lipinski definition) is 3. The molecule has 2 nitrogen and oxygen atoms in total. The van der Waals surface area contributed by atoms with Gasteiger partial charge in [-0.3, -0.25) is 0 Å². The summed E-state index contributed by atoms with van der Waals surface area (Å²) in [6.07, 6.45) is 8.15. The zero-order valence-electron chi connectivity index (χ0n) is 23.4. The van der Waals surface area contributed by atoms with Crippen LogP contribution in [0.15, 0.2) is 91.0 Å². The molecular weight excluding hydrogens is 484 g/mol. The van der Waals surface area contributed by atoms with Gasteiger partial charge in [-0.1, -0.05) is 142 Å². The lowest BCUT2D eigenvalue weighted by molar-refractivity contribution is -0.0970. The van der Waals surface area contributed by atoms with E-state index in [-0.39, 0.29) is 5.25 Å². The third-order valence-electron chi connectivity index (χ3n) is 6.68. The lowest BCUT2D eigenvalue weighted by Crippen LogP contribution is -2.28. The van der Waals surface area contributed by atoms with Crippen LogP contribution in [0.5, 0.6) is 0 Å². The van der Waals surface area contributed by atoms with Gasteiger partial charge in [0.1, 0.15) is 0 Å². The lowest BCUT2D eigenvalue weighted by Gasteiger charge is -2.37. The second kappa shape index (κ2) is 17.2. The molecule has 202 valence electrons. The molecule has 0 aliphatic rings. The van der Waals surface area contributed by atoms with Crippen molar-refractivity contribution in [2.24, 2.45) is 0 Å². The molecule has 3 rings (SSSR count). The third kappa shape index (κ3) is 8.77. The van der Waals surface area contributed by atoms with Crippen LogP contribution in [0.1, 0.15) is 82.4 Å². The van der Waals surface area contributed by atoms with E-state index in [1.807, 2.05) is 25.6 Å². The first-order chi connectivity index (χ1) is 18.7. The van der Waals surface area contributed by atoms with Crippen LogP contribution in [0.25, 0.3) is 0 Å². The SMILES string of the molecule is CCCCCCCCC(C#CC(OCC)OCC)SC(c1ccccc1)(c1ccccc1)c1ccccc1. The van der Waals surface area contributed by atoms with E-state index in [2.05, 4.69) is 110 Å². The van der Waals surface area contributed by atoms with Crippen LogP contribution in [0, 0.1) is 11.8 Å². The molecule has 3 aromatic carbocycles. The Hall–Kier alpha value is -2.51. The molecule has 1 atom stereocenters. The van der Waals surface area contributed by atoms with Crippen molar-refractivity contribution in [2.45, 2.75) is 82.0 Å². The van der Waals surface area contributed by atoms with Gasteiger partial charge in [0.15, 0.2) is 0 Å². The maximum atomic E-state index is 5.78. The fourth-order valence-electron chi connectivity index (χ4n) is 4.80. The summed E-state index contributed by atoms with van der Waals surface area (Å²) in [5.74, 6) is 6.96. The number of thioether (sulfide) groups is 1. The standard InChI is InChI=1S/C35H44O2S/c1-4-7-8-9-10-20-27-33(28-29-34(36-5-2)37-6-3)38-35(30-21-14-11-15-22-30,31-23-16-12-17-24-31)32-25-18-13-19-26-32/h11-19,21-26,33-34H,4-10,20,27H2,1-3H3. The molecule has 38 heavy (non-hydrogen) atoms. The minimum atomic E-state index is -0.489. The molecule has 0 aliphatic heterocycles. The van der Waals surface area contributed by atoms with E-state index in [0.29, 0.717) is 13.2 Å². The fourth-order valence-corrected chi connectivity index (χ4v) is 6.46. The summed E-state index contributed by atoms with van der Waals surface area (Å²) < 4.78 is 11.2. The third-order valence-corrected chi connectivity index (χ3v) is 8.38. The van der Waals surface area contributed by atoms with Gasteiger partial charge >= 0.3 is 0 Å². The van der Waals surface area contributed by atoms with Crippen LogP contribution in [-0.2, 0) is 14.2 Å². The van der Waals surface area contributed by atoms with Gasteiger partial charge in [0.2, 0.25) is 6.29 Å². The number of rotatable bonds is 16. The van der Waals surface area contributed by atoms with Crippen LogP contribution < -0.4 is 0 Å². The highest BCUT2D eigenvalue weighted by Crippen LogP contribution is 2.50. The van der Waals surface area contributed by atoms with Gasteiger partial charge in [0.05, 0.1) is 10.00 Å². The van der Waals surface area contributed by atoms with E-state index in [4.69, 9.17) is 9.47 Å². The predicted octanol–water partition coefficient (Wildman–Crippen LogP) is 9.23. The Morgan fingerprint density at radius 2 is 1.05 bits per heavy atom. The first-order valence-electron chi connectivity index (χ1n) is 14.3. The molecule has 0 saturated carbocycles. The molecule has 1 unspecified atom stereocenters. The molecule has 0 amide bonds. The van der Waals surface area contributed by atoms with Gasteiger partial charge in [0.25, 0.3) is 0 Å². The predicted molar refractivity (Wildman–Crippen MR) is 163 cm³/mol. The van der Waals surface area contributed by atoms with Crippen molar-refractivity contribution in [3.8, 4) is 11.8 Å². The fraction of sp³-hybridized carbons (Fsp3) is 0.429. The molecule has 0 fully saturated rings. The summed E-state index contributed by atoms with van der Waals surface area (Å²) in [6.45, 7) is 7.40. The van der Waals surface area contributed by atoms with E-state index < -0.39 is 11.0 Å². The van der Waals surface area contributed by atoms with Crippen LogP contribution in [0.4, 0.5) is 0 Å². The monoisotopic (exact) mass is 528 g/mol. The Kier molecular flexibility index (Phi) is 13.6. The van der Waals surface area contributed by atoms with Gasteiger partial charge in [0, 0.05) is 13.2 Å². The van der Waals surface area contributed by atoms with E-state index in [1.165, 1.54) is 55.2 Å². The highest BCUT2D eigenvalue weighted by atomic mass is 32.2. The summed E-state index contributed by atoms with van der Waals surface area (Å²) in [5, 5.41) is 0.116. The lowest BCUT2D eigenvalue weighted by atomic mass is 9.84. The summed E-state index contributed by atoms with van der Waals surface area (Å²) in [7, 11) is 0. The zero-order valence-corrected chi connectivity index (χ0v) is 24.2. The molecule has 0 heterocycles. The van der Waals surface area contributed by atoms with Crippen molar-refractivity contribution < 1.29 is 9.47 Å². The second-order valence-electron chi connectivity index (χ2n) is 9.47. The minimum absolute atomic E-state index is 0.116. The molecule has 0 radical (unpaired) electrons. The molecule has 0 aromatic heterocycles. The molecule has 0 aliphatic carbocycles. The van der Waals surface area contributed by atoms with Gasteiger partial charge in [-0.2, -0.15) is 0 Å². The Morgan fingerprint density at radius 1 is 0.605 bits per heavy atom. The van der Waals surface area contributed by atoms with Crippen molar-refractivity contribution in [3.63, 3.8) is 0 Å². The first-order valence-corrected chi connectivity index (χ1v) is 15.2. The molecule has 0 N–H and O–H groups in total. The highest BCUT2D eigenvalue weighted by Gasteiger charge is 2.39. The summed E-state index contributed by atoms with van der Waals surface area (Å²) in [6, 6.07) is 32.7.